The fourth-order valence-electron chi connectivity index (χ4n) is 4.47. The number of thiazole rings is 1. The zero-order valence-corrected chi connectivity index (χ0v) is 29.0. The third kappa shape index (κ3) is 8.00. The average Bonchev–Trinajstić information content (AvgIpc) is 3.33. The smallest absolute Gasteiger partial charge is 0.333 e. The number of nitrogens with one attached hydrogen (secondary N) is 2. The van der Waals surface area contributed by atoms with E-state index in [9.17, 15) is 23.6 Å². The third-order valence-corrected chi connectivity index (χ3v) is 15.7. The normalized spacial score (nSPS) is 15.4. The fourth-order valence-corrected chi connectivity index (χ4v) is 7.81. The van der Waals surface area contributed by atoms with Crippen LogP contribution in [0.2, 0.25) is 18.1 Å². The largest absolute Gasteiger partial charge is 0.411 e. The molecule has 1 fully saturated rings. The van der Waals surface area contributed by atoms with Crippen LogP contribution in [0.15, 0.2) is 10.3 Å². The van der Waals surface area contributed by atoms with Crippen molar-refractivity contribution >= 4 is 41.4 Å². The molecule has 43 heavy (non-hydrogen) atoms. The number of sulfonamides is 1. The summed E-state index contributed by atoms with van der Waals surface area (Å²) in [6.45, 7) is 17.5. The number of benzene rings is 1. The van der Waals surface area contributed by atoms with Crippen molar-refractivity contribution in [3.63, 3.8) is 0 Å². The second-order valence-corrected chi connectivity index (χ2v) is 20.9. The molecule has 1 aliphatic rings. The maximum Gasteiger partial charge on any atom is 0.333 e. The van der Waals surface area contributed by atoms with Crippen molar-refractivity contribution in [2.24, 2.45) is 0 Å². The topological polar surface area (TPSA) is 151 Å². The minimum absolute atomic E-state index is 0.0856. The summed E-state index contributed by atoms with van der Waals surface area (Å²) < 4.78 is 56.2. The molecular formula is C29H43FN4O6S2Si. The molecule has 0 spiro atoms. The Balaban J connectivity index is 2.01. The lowest BCUT2D eigenvalue weighted by atomic mass is 9.85. The molecule has 14 heteroatoms. The molecule has 0 radical (unpaired) electrons. The van der Waals surface area contributed by atoms with Crippen LogP contribution in [0.5, 0.6) is 0 Å². The number of aromatic nitrogens is 1. The number of anilines is 1. The number of carbonyl (C=O) groups excluding carboxylic acids is 1. The highest BCUT2D eigenvalue weighted by molar-refractivity contribution is 7.92. The number of nitrogens with zero attached hydrogens (tertiary/aromatic N) is 2. The van der Waals surface area contributed by atoms with E-state index in [4.69, 9.17) is 9.16 Å². The first-order valence-electron chi connectivity index (χ1n) is 14.2. The Morgan fingerprint density at radius 3 is 2.40 bits per heavy atom. The van der Waals surface area contributed by atoms with Crippen LogP contribution in [0.25, 0.3) is 0 Å². The molecule has 1 aromatic heterocycles. The Bertz CT molecular complexity index is 1500. The molecular weight excluding hydrogens is 612 g/mol. The van der Waals surface area contributed by atoms with Gasteiger partial charge in [0.25, 0.3) is 10.0 Å². The van der Waals surface area contributed by atoms with Crippen molar-refractivity contribution in [3.8, 4) is 6.07 Å². The zero-order chi connectivity index (χ0) is 32.5. The van der Waals surface area contributed by atoms with Crippen molar-refractivity contribution in [3.05, 3.63) is 39.3 Å². The number of urea groups is 1. The lowest BCUT2D eigenvalue weighted by molar-refractivity contribution is 0.0779. The number of hydrogen-bond acceptors (Lipinski definition) is 9. The first kappa shape index (κ1) is 35.1. The van der Waals surface area contributed by atoms with Gasteiger partial charge in [0.05, 0.1) is 23.6 Å². The van der Waals surface area contributed by atoms with Crippen LogP contribution < -0.4 is 10.0 Å². The fraction of sp³-hybridized carbons (Fsp3) is 0.621. The van der Waals surface area contributed by atoms with Crippen molar-refractivity contribution in [1.29, 1.82) is 5.26 Å². The molecule has 10 nitrogen and oxygen atoms in total. The predicted molar refractivity (Wildman–Crippen MR) is 167 cm³/mol. The van der Waals surface area contributed by atoms with E-state index in [1.54, 1.807) is 13.8 Å². The van der Waals surface area contributed by atoms with Gasteiger partial charge in [-0.15, -0.1) is 11.3 Å². The summed E-state index contributed by atoms with van der Waals surface area (Å²) in [7, 11) is -6.80. The van der Waals surface area contributed by atoms with Gasteiger partial charge >= 0.3 is 6.03 Å². The number of carbonyl (C=O) groups is 1. The van der Waals surface area contributed by atoms with E-state index in [2.05, 4.69) is 35.8 Å². The quantitative estimate of drug-likeness (QED) is 0.262. The molecule has 0 saturated carbocycles. The summed E-state index contributed by atoms with van der Waals surface area (Å²) in [6.07, 6.45) is 1.20. The van der Waals surface area contributed by atoms with Crippen molar-refractivity contribution < 1.29 is 31.9 Å². The molecule has 2 heterocycles. The molecule has 3 rings (SSSR count). The molecule has 2 aromatic rings. The minimum atomic E-state index is -4.49. The summed E-state index contributed by atoms with van der Waals surface area (Å²) >= 11 is 0.755. The SMILES string of the molecule is CC(C)c1c(F)c(C#N)cc(C2CCOCC2)c1NC(=O)NS(=O)(=O)c1sc(C(C)(C)O)nc1CO[Si](C)(C)C(C)(C)C. The van der Waals surface area contributed by atoms with E-state index in [0.717, 1.165) is 11.3 Å². The van der Waals surface area contributed by atoms with Crippen LogP contribution >= 0.6 is 11.3 Å². The van der Waals surface area contributed by atoms with E-state index < -0.39 is 41.7 Å². The van der Waals surface area contributed by atoms with Gasteiger partial charge in [-0.2, -0.15) is 5.26 Å². The van der Waals surface area contributed by atoms with Crippen molar-refractivity contribution in [2.75, 3.05) is 18.5 Å². The van der Waals surface area contributed by atoms with Crippen LogP contribution in [0, 0.1) is 17.1 Å². The predicted octanol–water partition coefficient (Wildman–Crippen LogP) is 6.43. The first-order chi connectivity index (χ1) is 19.7. The maximum absolute atomic E-state index is 15.4. The van der Waals surface area contributed by atoms with Crippen molar-refractivity contribution in [1.82, 2.24) is 9.71 Å². The number of hydrogen-bond donors (Lipinski definition) is 3. The summed E-state index contributed by atoms with van der Waals surface area (Å²) in [5.74, 6) is -1.30. The van der Waals surface area contributed by atoms with Gasteiger partial charge in [-0.05, 0) is 68.3 Å². The van der Waals surface area contributed by atoms with Crippen molar-refractivity contribution in [2.45, 2.75) is 108 Å². The lowest BCUT2D eigenvalue weighted by Gasteiger charge is -2.36. The lowest BCUT2D eigenvalue weighted by Crippen LogP contribution is -2.40. The van der Waals surface area contributed by atoms with Gasteiger partial charge in [-0.1, -0.05) is 34.6 Å². The van der Waals surface area contributed by atoms with Gasteiger partial charge in [-0.25, -0.2) is 27.3 Å². The van der Waals surface area contributed by atoms with Gasteiger partial charge in [0.15, 0.2) is 12.5 Å². The maximum atomic E-state index is 15.4. The Kier molecular flexibility index (Phi) is 10.5. The van der Waals surface area contributed by atoms with E-state index in [1.165, 1.54) is 19.9 Å². The van der Waals surface area contributed by atoms with Crippen LogP contribution in [-0.4, -0.2) is 46.1 Å². The minimum Gasteiger partial charge on any atom is -0.411 e. The molecule has 1 aromatic carbocycles. The molecule has 1 saturated heterocycles. The Hall–Kier alpha value is -2.41. The average molecular weight is 655 g/mol. The highest BCUT2D eigenvalue weighted by Gasteiger charge is 2.39. The first-order valence-corrected chi connectivity index (χ1v) is 19.4. The van der Waals surface area contributed by atoms with E-state index in [0.29, 0.717) is 31.6 Å². The molecule has 0 bridgehead atoms. The Labute approximate surface area is 259 Å². The highest BCUT2D eigenvalue weighted by Crippen LogP contribution is 2.41. The summed E-state index contributed by atoms with van der Waals surface area (Å²) in [4.78, 5) is 17.7. The molecule has 0 unspecified atom stereocenters. The van der Waals surface area contributed by atoms with Crippen LogP contribution in [-0.2, 0) is 31.4 Å². The number of halogens is 1. The third-order valence-electron chi connectivity index (χ3n) is 7.96. The Morgan fingerprint density at radius 2 is 1.88 bits per heavy atom. The van der Waals surface area contributed by atoms with Gasteiger partial charge in [0.1, 0.15) is 22.5 Å². The molecule has 1 aliphatic heterocycles. The summed E-state index contributed by atoms with van der Waals surface area (Å²) in [5, 5.41) is 22.8. The number of ether oxygens (including phenoxy) is 1. The molecule has 2 amide bonds. The number of aliphatic hydroxyl groups is 1. The standard InChI is InChI=1S/C29H43FN4O6S2Si/c1-17(2)22-23(30)19(15-31)14-20(18-10-12-39-13-11-18)24(22)33-27(35)34-42(37,38)25-21(32-26(41-25)29(6,7)36)16-40-43(8,9)28(3,4)5/h14,17-18,36H,10-13,16H2,1-9H3,(H2,33,34,35). The van der Waals surface area contributed by atoms with Gasteiger partial charge in [0, 0.05) is 18.8 Å². The zero-order valence-electron chi connectivity index (χ0n) is 26.3. The van der Waals surface area contributed by atoms with Crippen LogP contribution in [0.3, 0.4) is 0 Å². The van der Waals surface area contributed by atoms with Gasteiger partial charge in [-0.3, -0.25) is 0 Å². The Morgan fingerprint density at radius 1 is 1.28 bits per heavy atom. The second kappa shape index (κ2) is 12.9. The number of nitriles is 1. The second-order valence-electron chi connectivity index (χ2n) is 13.2. The highest BCUT2D eigenvalue weighted by atomic mass is 32.2. The number of amides is 2. The van der Waals surface area contributed by atoms with E-state index in [-0.39, 0.29) is 49.3 Å². The van der Waals surface area contributed by atoms with Crippen LogP contribution in [0.4, 0.5) is 14.9 Å². The molecule has 0 atom stereocenters. The summed E-state index contributed by atoms with van der Waals surface area (Å²) in [5.41, 5.74) is -0.658. The van der Waals surface area contributed by atoms with E-state index >= 15 is 4.39 Å². The molecule has 0 aliphatic carbocycles. The molecule has 238 valence electrons. The van der Waals surface area contributed by atoms with Gasteiger partial charge in [0.2, 0.25) is 0 Å². The van der Waals surface area contributed by atoms with Gasteiger partial charge < -0.3 is 19.6 Å². The molecule has 3 N–H and O–H groups in total. The number of rotatable bonds is 9. The summed E-state index contributed by atoms with van der Waals surface area (Å²) in [6, 6.07) is 2.24. The van der Waals surface area contributed by atoms with E-state index in [1.807, 2.05) is 19.2 Å². The monoisotopic (exact) mass is 654 g/mol. The van der Waals surface area contributed by atoms with Crippen LogP contribution in [0.1, 0.15) is 101 Å².